The summed E-state index contributed by atoms with van der Waals surface area (Å²) in [6.45, 7) is 0. The van der Waals surface area contributed by atoms with Crippen LogP contribution in [0.15, 0.2) is 18.2 Å². The molecule has 4 heteroatoms. The van der Waals surface area contributed by atoms with Crippen LogP contribution < -0.4 is 10.1 Å². The van der Waals surface area contributed by atoms with Crippen molar-refractivity contribution in [1.82, 2.24) is 5.32 Å². The molecule has 0 saturated carbocycles. The van der Waals surface area contributed by atoms with E-state index in [1.807, 2.05) is 0 Å². The molecule has 0 unspecified atom stereocenters. The van der Waals surface area contributed by atoms with Gasteiger partial charge in [0.1, 0.15) is 0 Å². The van der Waals surface area contributed by atoms with Crippen molar-refractivity contribution >= 4 is 5.91 Å². The zero-order valence-corrected chi connectivity index (χ0v) is 7.43. The molecule has 0 aliphatic carbocycles. The van der Waals surface area contributed by atoms with Gasteiger partial charge in [0.15, 0.2) is 11.6 Å². The molecule has 0 heterocycles. The largest absolute Gasteiger partial charge is 0.494 e. The van der Waals surface area contributed by atoms with Gasteiger partial charge in [0.05, 0.1) is 7.11 Å². The van der Waals surface area contributed by atoms with E-state index in [1.54, 1.807) is 0 Å². The summed E-state index contributed by atoms with van der Waals surface area (Å²) in [6.07, 6.45) is 0. The predicted molar refractivity (Wildman–Crippen MR) is 46.3 cm³/mol. The first-order valence-electron chi connectivity index (χ1n) is 3.74. The Morgan fingerprint density at radius 3 is 2.77 bits per heavy atom. The molecule has 0 bridgehead atoms. The molecule has 0 radical (unpaired) electrons. The van der Waals surface area contributed by atoms with Gasteiger partial charge >= 0.3 is 0 Å². The maximum atomic E-state index is 12.9. The molecular formula is C9H10FNO2. The van der Waals surface area contributed by atoms with Crippen LogP contribution in [0.4, 0.5) is 4.39 Å². The maximum absolute atomic E-state index is 12.9. The molecule has 0 aromatic heterocycles. The highest BCUT2D eigenvalue weighted by atomic mass is 19.1. The van der Waals surface area contributed by atoms with Gasteiger partial charge in [-0.3, -0.25) is 4.79 Å². The number of carbonyl (C=O) groups is 1. The highest BCUT2D eigenvalue weighted by Gasteiger charge is 2.07. The summed E-state index contributed by atoms with van der Waals surface area (Å²) in [5, 5.41) is 2.44. The zero-order valence-electron chi connectivity index (χ0n) is 7.43. The summed E-state index contributed by atoms with van der Waals surface area (Å²) in [4.78, 5) is 11.1. The Morgan fingerprint density at radius 1 is 1.54 bits per heavy atom. The van der Waals surface area contributed by atoms with Gasteiger partial charge in [-0.15, -0.1) is 0 Å². The SMILES string of the molecule is CNC(=O)c1ccc(F)c(OC)c1. The molecule has 13 heavy (non-hydrogen) atoms. The topological polar surface area (TPSA) is 38.3 Å². The minimum absolute atomic E-state index is 0.0705. The number of benzene rings is 1. The third-order valence-corrected chi connectivity index (χ3v) is 1.64. The lowest BCUT2D eigenvalue weighted by atomic mass is 10.2. The average Bonchev–Trinajstić information content (AvgIpc) is 2.17. The third-order valence-electron chi connectivity index (χ3n) is 1.64. The van der Waals surface area contributed by atoms with Gasteiger partial charge in [-0.1, -0.05) is 0 Å². The van der Waals surface area contributed by atoms with Crippen molar-refractivity contribution in [3.63, 3.8) is 0 Å². The highest BCUT2D eigenvalue weighted by molar-refractivity contribution is 5.94. The van der Waals surface area contributed by atoms with Gasteiger partial charge in [-0.2, -0.15) is 0 Å². The third kappa shape index (κ3) is 1.96. The number of hydrogen-bond acceptors (Lipinski definition) is 2. The van der Waals surface area contributed by atoms with E-state index in [9.17, 15) is 9.18 Å². The minimum Gasteiger partial charge on any atom is -0.494 e. The Hall–Kier alpha value is -1.58. The molecule has 1 amide bonds. The number of ether oxygens (including phenoxy) is 1. The summed E-state index contributed by atoms with van der Waals surface area (Å²) in [7, 11) is 2.87. The van der Waals surface area contributed by atoms with E-state index in [0.717, 1.165) is 0 Å². The molecule has 1 aromatic rings. The average molecular weight is 183 g/mol. The van der Waals surface area contributed by atoms with Gasteiger partial charge in [-0.25, -0.2) is 4.39 Å². The van der Waals surface area contributed by atoms with Crippen LogP contribution >= 0.6 is 0 Å². The zero-order chi connectivity index (χ0) is 9.84. The molecular weight excluding hydrogens is 173 g/mol. The van der Waals surface area contributed by atoms with Crippen LogP contribution in [0.1, 0.15) is 10.4 Å². The van der Waals surface area contributed by atoms with Gasteiger partial charge in [0, 0.05) is 12.6 Å². The summed E-state index contributed by atoms with van der Waals surface area (Å²) in [5.74, 6) is -0.672. The quantitative estimate of drug-likeness (QED) is 0.748. The van der Waals surface area contributed by atoms with Crippen LogP contribution in [0.5, 0.6) is 5.75 Å². The van der Waals surface area contributed by atoms with E-state index in [1.165, 1.54) is 32.4 Å². The molecule has 1 rings (SSSR count). The minimum atomic E-state index is -0.477. The number of amides is 1. The van der Waals surface area contributed by atoms with Crippen molar-refractivity contribution in [3.8, 4) is 5.75 Å². The van der Waals surface area contributed by atoms with Crippen molar-refractivity contribution in [2.45, 2.75) is 0 Å². The Kier molecular flexibility index (Phi) is 2.84. The first kappa shape index (κ1) is 9.51. The number of methoxy groups -OCH3 is 1. The number of carbonyl (C=O) groups excluding carboxylic acids is 1. The lowest BCUT2D eigenvalue weighted by molar-refractivity contribution is 0.0962. The molecule has 1 aromatic carbocycles. The van der Waals surface area contributed by atoms with Crippen LogP contribution in [-0.4, -0.2) is 20.1 Å². The number of rotatable bonds is 2. The monoisotopic (exact) mass is 183 g/mol. The first-order valence-corrected chi connectivity index (χ1v) is 3.74. The first-order chi connectivity index (χ1) is 6.19. The van der Waals surface area contributed by atoms with Crippen molar-refractivity contribution in [1.29, 1.82) is 0 Å². The van der Waals surface area contributed by atoms with Crippen LogP contribution in [0.2, 0.25) is 0 Å². The molecule has 0 saturated heterocycles. The Labute approximate surface area is 75.5 Å². The van der Waals surface area contributed by atoms with Gasteiger partial charge in [0.2, 0.25) is 0 Å². The lowest BCUT2D eigenvalue weighted by Crippen LogP contribution is -2.17. The second kappa shape index (κ2) is 3.89. The van der Waals surface area contributed by atoms with Crippen LogP contribution in [0.3, 0.4) is 0 Å². The van der Waals surface area contributed by atoms with Crippen LogP contribution in [0, 0.1) is 5.82 Å². The highest BCUT2D eigenvalue weighted by Crippen LogP contribution is 2.17. The van der Waals surface area contributed by atoms with E-state index in [4.69, 9.17) is 4.74 Å². The van der Waals surface area contributed by atoms with E-state index in [2.05, 4.69) is 5.32 Å². The standard InChI is InChI=1S/C9H10FNO2/c1-11-9(12)6-3-4-7(10)8(5-6)13-2/h3-5H,1-2H3,(H,11,12). The predicted octanol–water partition coefficient (Wildman–Crippen LogP) is 1.19. The van der Waals surface area contributed by atoms with E-state index in [0.29, 0.717) is 5.56 Å². The van der Waals surface area contributed by atoms with Crippen molar-refractivity contribution in [2.24, 2.45) is 0 Å². The molecule has 0 aliphatic rings. The second-order valence-electron chi connectivity index (χ2n) is 2.43. The summed E-state index contributed by atoms with van der Waals surface area (Å²) >= 11 is 0. The smallest absolute Gasteiger partial charge is 0.251 e. The van der Waals surface area contributed by atoms with Gasteiger partial charge in [0.25, 0.3) is 5.91 Å². The number of hydrogen-bond donors (Lipinski definition) is 1. The number of nitrogens with one attached hydrogen (secondary N) is 1. The number of halogens is 1. The van der Waals surface area contributed by atoms with Gasteiger partial charge in [-0.05, 0) is 18.2 Å². The van der Waals surface area contributed by atoms with Crippen molar-refractivity contribution in [2.75, 3.05) is 14.2 Å². The van der Waals surface area contributed by atoms with Gasteiger partial charge < -0.3 is 10.1 Å². The fourth-order valence-electron chi connectivity index (χ4n) is 0.945. The molecule has 3 nitrogen and oxygen atoms in total. The molecule has 0 spiro atoms. The Balaban J connectivity index is 3.06. The fraction of sp³-hybridized carbons (Fsp3) is 0.222. The Morgan fingerprint density at radius 2 is 2.23 bits per heavy atom. The maximum Gasteiger partial charge on any atom is 0.251 e. The van der Waals surface area contributed by atoms with Crippen molar-refractivity contribution in [3.05, 3.63) is 29.6 Å². The van der Waals surface area contributed by atoms with E-state index < -0.39 is 5.82 Å². The molecule has 0 fully saturated rings. The molecule has 0 aliphatic heterocycles. The molecule has 1 N–H and O–H groups in total. The summed E-state index contributed by atoms with van der Waals surface area (Å²) < 4.78 is 17.6. The Bertz CT molecular complexity index is 325. The lowest BCUT2D eigenvalue weighted by Gasteiger charge is -2.04. The van der Waals surface area contributed by atoms with Crippen molar-refractivity contribution < 1.29 is 13.9 Å². The molecule has 70 valence electrons. The summed E-state index contributed by atoms with van der Waals surface area (Å²) in [6, 6.07) is 3.95. The van der Waals surface area contributed by atoms with E-state index >= 15 is 0 Å². The molecule has 0 atom stereocenters. The second-order valence-corrected chi connectivity index (χ2v) is 2.43. The van der Waals surface area contributed by atoms with Crippen LogP contribution in [-0.2, 0) is 0 Å². The summed E-state index contributed by atoms with van der Waals surface area (Å²) in [5.41, 5.74) is 0.376. The van der Waals surface area contributed by atoms with Crippen LogP contribution in [0.25, 0.3) is 0 Å². The normalized spacial score (nSPS) is 9.46. The van der Waals surface area contributed by atoms with E-state index in [-0.39, 0.29) is 11.7 Å². The fourth-order valence-corrected chi connectivity index (χ4v) is 0.945.